The second kappa shape index (κ2) is 3.41. The van der Waals surface area contributed by atoms with E-state index in [4.69, 9.17) is 24.7 Å². The van der Waals surface area contributed by atoms with E-state index in [0.29, 0.717) is 0 Å². The highest BCUT2D eigenvalue weighted by atomic mass is 16.8. The van der Waals surface area contributed by atoms with E-state index < -0.39 is 36.3 Å². The van der Waals surface area contributed by atoms with Gasteiger partial charge >= 0.3 is 0 Å². The molecular weight excluding hydrogens is 202 g/mol. The van der Waals surface area contributed by atoms with E-state index in [2.05, 4.69) is 0 Å². The van der Waals surface area contributed by atoms with Crippen molar-refractivity contribution < 1.29 is 23.7 Å². The predicted octanol–water partition coefficient (Wildman–Crippen LogP) is -0.637. The van der Waals surface area contributed by atoms with Gasteiger partial charge in [-0.2, -0.15) is 0 Å². The van der Waals surface area contributed by atoms with Gasteiger partial charge < -0.3 is 24.7 Å². The van der Waals surface area contributed by atoms with E-state index in [-0.39, 0.29) is 0 Å². The second-order valence-electron chi connectivity index (χ2n) is 4.13. The minimum absolute atomic E-state index is 0.400. The van der Waals surface area contributed by atoms with Crippen LogP contribution in [0.15, 0.2) is 0 Å². The molecule has 2 aliphatic rings. The van der Waals surface area contributed by atoms with Crippen LogP contribution >= 0.6 is 0 Å². The number of primary amides is 1. The molecule has 2 rings (SSSR count). The normalized spacial score (nSPS) is 42.9. The summed E-state index contributed by atoms with van der Waals surface area (Å²) in [6.07, 6.45) is -2.29. The number of rotatable bonds is 2. The summed E-state index contributed by atoms with van der Waals surface area (Å²) in [7, 11) is 1.49. The van der Waals surface area contributed by atoms with Gasteiger partial charge in [0.05, 0.1) is 0 Å². The van der Waals surface area contributed by atoms with Gasteiger partial charge in [0.2, 0.25) is 5.91 Å². The molecule has 0 spiro atoms. The van der Waals surface area contributed by atoms with Crippen LogP contribution < -0.4 is 5.73 Å². The Morgan fingerprint density at radius 3 is 2.47 bits per heavy atom. The number of carbonyl (C=O) groups is 1. The average molecular weight is 217 g/mol. The summed E-state index contributed by atoms with van der Waals surface area (Å²) < 4.78 is 21.5. The van der Waals surface area contributed by atoms with Gasteiger partial charge in [0.25, 0.3) is 0 Å². The van der Waals surface area contributed by atoms with Crippen LogP contribution in [0.2, 0.25) is 0 Å². The van der Waals surface area contributed by atoms with E-state index in [9.17, 15) is 4.79 Å². The molecular formula is C9H15NO5. The maximum Gasteiger partial charge on any atom is 0.249 e. The van der Waals surface area contributed by atoms with E-state index in [1.807, 2.05) is 0 Å². The number of methoxy groups -OCH3 is 1. The van der Waals surface area contributed by atoms with E-state index >= 15 is 0 Å². The van der Waals surface area contributed by atoms with Gasteiger partial charge in [-0.25, -0.2) is 0 Å². The van der Waals surface area contributed by atoms with Gasteiger partial charge in [0, 0.05) is 7.11 Å². The van der Waals surface area contributed by atoms with Crippen LogP contribution in [-0.4, -0.2) is 43.4 Å². The Hall–Kier alpha value is -0.690. The molecule has 4 atom stereocenters. The average Bonchev–Trinajstić information content (AvgIpc) is 2.57. The molecule has 2 heterocycles. The Morgan fingerprint density at radius 2 is 1.93 bits per heavy atom. The Bertz CT molecular complexity index is 280. The molecule has 0 aromatic heterocycles. The van der Waals surface area contributed by atoms with Crippen molar-refractivity contribution in [2.24, 2.45) is 5.73 Å². The summed E-state index contributed by atoms with van der Waals surface area (Å²) in [6, 6.07) is 0. The fourth-order valence-electron chi connectivity index (χ4n) is 1.98. The highest BCUT2D eigenvalue weighted by molar-refractivity contribution is 5.80. The first-order valence-electron chi connectivity index (χ1n) is 4.78. The largest absolute Gasteiger partial charge is 0.367 e. The van der Waals surface area contributed by atoms with Gasteiger partial charge in [0.1, 0.15) is 12.2 Å². The van der Waals surface area contributed by atoms with Crippen molar-refractivity contribution in [3.63, 3.8) is 0 Å². The summed E-state index contributed by atoms with van der Waals surface area (Å²) in [5.41, 5.74) is 5.20. The minimum Gasteiger partial charge on any atom is -0.367 e. The Morgan fingerprint density at radius 1 is 1.33 bits per heavy atom. The molecule has 2 aliphatic heterocycles. The molecule has 0 radical (unpaired) electrons. The molecule has 86 valence electrons. The molecule has 2 fully saturated rings. The number of ether oxygens (including phenoxy) is 4. The molecule has 2 N–H and O–H groups in total. The van der Waals surface area contributed by atoms with Crippen molar-refractivity contribution in [2.75, 3.05) is 7.11 Å². The van der Waals surface area contributed by atoms with Crippen LogP contribution in [0.25, 0.3) is 0 Å². The maximum absolute atomic E-state index is 11.1. The first-order valence-corrected chi connectivity index (χ1v) is 4.78. The van der Waals surface area contributed by atoms with Gasteiger partial charge in [-0.1, -0.05) is 0 Å². The third kappa shape index (κ3) is 1.74. The third-order valence-corrected chi connectivity index (χ3v) is 2.52. The van der Waals surface area contributed by atoms with E-state index in [1.54, 1.807) is 13.8 Å². The van der Waals surface area contributed by atoms with Crippen molar-refractivity contribution >= 4 is 5.91 Å². The molecule has 6 nitrogen and oxygen atoms in total. The van der Waals surface area contributed by atoms with Gasteiger partial charge in [-0.3, -0.25) is 4.79 Å². The lowest BCUT2D eigenvalue weighted by Gasteiger charge is -2.22. The fraction of sp³-hybridized carbons (Fsp3) is 0.889. The van der Waals surface area contributed by atoms with Gasteiger partial charge in [-0.15, -0.1) is 0 Å². The highest BCUT2D eigenvalue weighted by Gasteiger charge is 2.57. The maximum atomic E-state index is 11.1. The predicted molar refractivity (Wildman–Crippen MR) is 48.7 cm³/mol. The summed E-state index contributed by atoms with van der Waals surface area (Å²) in [4.78, 5) is 11.1. The quantitative estimate of drug-likeness (QED) is 0.665. The number of fused-ring (bicyclic) bond motifs is 1. The van der Waals surface area contributed by atoms with Crippen molar-refractivity contribution in [3.05, 3.63) is 0 Å². The van der Waals surface area contributed by atoms with E-state index in [0.717, 1.165) is 0 Å². The van der Waals surface area contributed by atoms with Crippen molar-refractivity contribution in [1.82, 2.24) is 0 Å². The number of amides is 1. The van der Waals surface area contributed by atoms with Crippen molar-refractivity contribution in [3.8, 4) is 0 Å². The monoisotopic (exact) mass is 217 g/mol. The molecule has 15 heavy (non-hydrogen) atoms. The number of carbonyl (C=O) groups excluding carboxylic acids is 1. The van der Waals surface area contributed by atoms with Crippen LogP contribution in [0.3, 0.4) is 0 Å². The van der Waals surface area contributed by atoms with Crippen LogP contribution in [0.1, 0.15) is 13.8 Å². The Balaban J connectivity index is 2.19. The SMILES string of the molecule is COC1OC(C(N)=O)C2OC(C)(C)OC12. The second-order valence-corrected chi connectivity index (χ2v) is 4.13. The third-order valence-electron chi connectivity index (χ3n) is 2.52. The lowest BCUT2D eigenvalue weighted by Crippen LogP contribution is -2.39. The first-order chi connectivity index (χ1) is 6.94. The Kier molecular flexibility index (Phi) is 2.46. The standard InChI is InChI=1S/C9H15NO5/c1-9(2)14-4-5(7(10)11)13-8(12-3)6(4)15-9/h4-6,8H,1-3H3,(H2,10,11). The lowest BCUT2D eigenvalue weighted by molar-refractivity contribution is -0.225. The number of nitrogens with two attached hydrogens (primary N) is 1. The number of hydrogen-bond donors (Lipinski definition) is 1. The summed E-state index contributed by atoms with van der Waals surface area (Å²) in [5.74, 6) is -1.30. The van der Waals surface area contributed by atoms with E-state index in [1.165, 1.54) is 7.11 Å². The number of hydrogen-bond acceptors (Lipinski definition) is 5. The summed E-state index contributed by atoms with van der Waals surface area (Å²) in [6.45, 7) is 3.55. The fourth-order valence-corrected chi connectivity index (χ4v) is 1.98. The zero-order chi connectivity index (χ0) is 11.2. The zero-order valence-electron chi connectivity index (χ0n) is 8.93. The molecule has 6 heteroatoms. The highest BCUT2D eigenvalue weighted by Crippen LogP contribution is 2.38. The molecule has 0 aromatic rings. The summed E-state index contributed by atoms with van der Waals surface area (Å²) in [5, 5.41) is 0. The molecule has 4 unspecified atom stereocenters. The minimum atomic E-state index is -0.804. The van der Waals surface area contributed by atoms with Crippen LogP contribution in [0, 0.1) is 0 Å². The molecule has 2 saturated heterocycles. The molecule has 0 saturated carbocycles. The molecule has 1 amide bonds. The zero-order valence-corrected chi connectivity index (χ0v) is 8.93. The first kappa shape index (κ1) is 10.8. The van der Waals surface area contributed by atoms with Gasteiger partial charge in [0.15, 0.2) is 18.2 Å². The molecule has 0 bridgehead atoms. The topological polar surface area (TPSA) is 80.0 Å². The summed E-state index contributed by atoms with van der Waals surface area (Å²) >= 11 is 0. The Labute approximate surface area is 87.6 Å². The molecule has 0 aromatic carbocycles. The van der Waals surface area contributed by atoms with Gasteiger partial charge in [-0.05, 0) is 13.8 Å². The molecule has 0 aliphatic carbocycles. The van der Waals surface area contributed by atoms with Crippen molar-refractivity contribution in [1.29, 1.82) is 0 Å². The lowest BCUT2D eigenvalue weighted by atomic mass is 10.1. The van der Waals surface area contributed by atoms with Crippen LogP contribution in [0.4, 0.5) is 0 Å². The van der Waals surface area contributed by atoms with Crippen molar-refractivity contribution in [2.45, 2.75) is 44.2 Å². The smallest absolute Gasteiger partial charge is 0.249 e. The van der Waals surface area contributed by atoms with Crippen LogP contribution in [0.5, 0.6) is 0 Å². The van der Waals surface area contributed by atoms with Crippen LogP contribution in [-0.2, 0) is 23.7 Å².